The summed E-state index contributed by atoms with van der Waals surface area (Å²) in [4.78, 5) is 12.1. The number of halogens is 1. The lowest BCUT2D eigenvalue weighted by Gasteiger charge is -2.09. The quantitative estimate of drug-likeness (QED) is 0.914. The first-order valence-electron chi connectivity index (χ1n) is 6.02. The summed E-state index contributed by atoms with van der Waals surface area (Å²) in [6.07, 6.45) is 0.886. The normalized spacial score (nSPS) is 12.7. The number of fused-ring (bicyclic) bond motifs is 1. The third-order valence-corrected chi connectivity index (χ3v) is 3.33. The van der Waals surface area contributed by atoms with Crippen molar-refractivity contribution < 1.29 is 9.21 Å². The summed E-state index contributed by atoms with van der Waals surface area (Å²) < 4.78 is 5.59. The fourth-order valence-electron chi connectivity index (χ4n) is 1.80. The topological polar surface area (TPSA) is 42.2 Å². The lowest BCUT2D eigenvalue weighted by atomic mass is 10.1. The van der Waals surface area contributed by atoms with Gasteiger partial charge < -0.3 is 9.73 Å². The monoisotopic (exact) mass is 265 g/mol. The number of carbonyl (C=O) groups excluding carboxylic acids is 1. The standard InChI is InChI=1S/C14H16ClNO2/c1-4-8(2)16-14(17)13-9(3)11-7-10(15)5-6-12(11)18-13/h5-8H,4H2,1-3H3,(H,16,17). The van der Waals surface area contributed by atoms with E-state index in [-0.39, 0.29) is 11.9 Å². The molecule has 0 fully saturated rings. The highest BCUT2D eigenvalue weighted by Crippen LogP contribution is 2.27. The molecule has 0 radical (unpaired) electrons. The van der Waals surface area contributed by atoms with Crippen molar-refractivity contribution in [2.75, 3.05) is 0 Å². The summed E-state index contributed by atoms with van der Waals surface area (Å²) in [5, 5.41) is 4.42. The maximum atomic E-state index is 12.1. The highest BCUT2D eigenvalue weighted by molar-refractivity contribution is 6.31. The molecule has 0 spiro atoms. The first-order chi connectivity index (χ1) is 8.52. The van der Waals surface area contributed by atoms with Crippen molar-refractivity contribution in [2.24, 2.45) is 0 Å². The Hall–Kier alpha value is -1.48. The first-order valence-corrected chi connectivity index (χ1v) is 6.40. The molecule has 0 saturated carbocycles. The molecule has 1 heterocycles. The van der Waals surface area contributed by atoms with Crippen LogP contribution in [-0.2, 0) is 0 Å². The molecular formula is C14H16ClNO2. The zero-order valence-electron chi connectivity index (χ0n) is 10.7. The van der Waals surface area contributed by atoms with Gasteiger partial charge in [0.15, 0.2) is 5.76 Å². The van der Waals surface area contributed by atoms with Gasteiger partial charge in [-0.25, -0.2) is 0 Å². The van der Waals surface area contributed by atoms with Gasteiger partial charge in [-0.15, -0.1) is 0 Å². The summed E-state index contributed by atoms with van der Waals surface area (Å²) in [6, 6.07) is 5.48. The molecule has 3 nitrogen and oxygen atoms in total. The molecule has 1 unspecified atom stereocenters. The van der Waals surface area contributed by atoms with Gasteiger partial charge in [0.2, 0.25) is 0 Å². The fourth-order valence-corrected chi connectivity index (χ4v) is 1.97. The van der Waals surface area contributed by atoms with Gasteiger partial charge in [0.25, 0.3) is 5.91 Å². The molecule has 0 saturated heterocycles. The summed E-state index contributed by atoms with van der Waals surface area (Å²) in [7, 11) is 0. The van der Waals surface area contributed by atoms with Crippen LogP contribution >= 0.6 is 11.6 Å². The van der Waals surface area contributed by atoms with E-state index in [9.17, 15) is 4.79 Å². The number of aryl methyl sites for hydroxylation is 1. The van der Waals surface area contributed by atoms with Crippen LogP contribution in [-0.4, -0.2) is 11.9 Å². The molecule has 1 amide bonds. The second kappa shape index (κ2) is 5.02. The molecule has 1 aromatic carbocycles. The molecule has 0 aliphatic heterocycles. The van der Waals surface area contributed by atoms with Crippen LogP contribution in [0.1, 0.15) is 36.4 Å². The Labute approximate surface area is 111 Å². The Bertz CT molecular complexity index is 589. The highest BCUT2D eigenvalue weighted by atomic mass is 35.5. The Morgan fingerprint density at radius 2 is 2.22 bits per heavy atom. The van der Waals surface area contributed by atoms with Gasteiger partial charge in [0, 0.05) is 22.0 Å². The fraction of sp³-hybridized carbons (Fsp3) is 0.357. The van der Waals surface area contributed by atoms with Crippen LogP contribution in [0.3, 0.4) is 0 Å². The molecule has 2 aromatic rings. The van der Waals surface area contributed by atoms with Crippen LogP contribution in [0.25, 0.3) is 11.0 Å². The SMILES string of the molecule is CCC(C)NC(=O)c1oc2ccc(Cl)cc2c1C. The average molecular weight is 266 g/mol. The molecule has 1 atom stereocenters. The Kier molecular flexibility index (Phi) is 3.62. The van der Waals surface area contributed by atoms with E-state index in [0.29, 0.717) is 16.4 Å². The molecule has 1 aromatic heterocycles. The van der Waals surface area contributed by atoms with Crippen molar-refractivity contribution in [1.29, 1.82) is 0 Å². The lowest BCUT2D eigenvalue weighted by Crippen LogP contribution is -2.32. The second-order valence-electron chi connectivity index (χ2n) is 4.48. The lowest BCUT2D eigenvalue weighted by molar-refractivity contribution is 0.0912. The van der Waals surface area contributed by atoms with Gasteiger partial charge in [-0.05, 0) is 38.5 Å². The minimum absolute atomic E-state index is 0.133. The molecular weight excluding hydrogens is 250 g/mol. The van der Waals surface area contributed by atoms with E-state index in [4.69, 9.17) is 16.0 Å². The molecule has 96 valence electrons. The first kappa shape index (κ1) is 13.0. The van der Waals surface area contributed by atoms with Crippen LogP contribution in [0.5, 0.6) is 0 Å². The van der Waals surface area contributed by atoms with Crippen LogP contribution in [0.2, 0.25) is 5.02 Å². The summed E-state index contributed by atoms with van der Waals surface area (Å²) in [6.45, 7) is 5.86. The Balaban J connectivity index is 2.40. The van der Waals surface area contributed by atoms with Crippen molar-refractivity contribution in [2.45, 2.75) is 33.2 Å². The zero-order valence-corrected chi connectivity index (χ0v) is 11.5. The largest absolute Gasteiger partial charge is 0.451 e. The van der Waals surface area contributed by atoms with Crippen molar-refractivity contribution in [1.82, 2.24) is 5.32 Å². The number of amides is 1. The molecule has 0 bridgehead atoms. The smallest absolute Gasteiger partial charge is 0.287 e. The molecule has 0 aliphatic carbocycles. The third kappa shape index (κ3) is 2.36. The van der Waals surface area contributed by atoms with Crippen molar-refractivity contribution in [3.63, 3.8) is 0 Å². The van der Waals surface area contributed by atoms with E-state index in [0.717, 1.165) is 17.4 Å². The zero-order chi connectivity index (χ0) is 13.3. The molecule has 1 N–H and O–H groups in total. The van der Waals surface area contributed by atoms with E-state index < -0.39 is 0 Å². The van der Waals surface area contributed by atoms with Crippen LogP contribution in [0, 0.1) is 6.92 Å². The van der Waals surface area contributed by atoms with Gasteiger partial charge >= 0.3 is 0 Å². The van der Waals surface area contributed by atoms with Gasteiger partial charge in [-0.1, -0.05) is 18.5 Å². The average Bonchev–Trinajstić information content (AvgIpc) is 2.66. The van der Waals surface area contributed by atoms with Gasteiger partial charge in [0.05, 0.1) is 0 Å². The number of furan rings is 1. The summed E-state index contributed by atoms with van der Waals surface area (Å²) in [5.74, 6) is 0.196. The van der Waals surface area contributed by atoms with E-state index in [2.05, 4.69) is 5.32 Å². The number of carbonyl (C=O) groups is 1. The van der Waals surface area contributed by atoms with Gasteiger partial charge in [-0.2, -0.15) is 0 Å². The minimum atomic E-state index is -0.172. The van der Waals surface area contributed by atoms with Gasteiger partial charge in [0.1, 0.15) is 5.58 Å². The number of nitrogens with one attached hydrogen (secondary N) is 1. The van der Waals surface area contributed by atoms with E-state index in [1.165, 1.54) is 0 Å². The predicted molar refractivity (Wildman–Crippen MR) is 73.2 cm³/mol. The summed E-state index contributed by atoms with van der Waals surface area (Å²) in [5.41, 5.74) is 1.51. The number of benzene rings is 1. The van der Waals surface area contributed by atoms with E-state index in [1.54, 1.807) is 12.1 Å². The predicted octanol–water partition coefficient (Wildman–Crippen LogP) is 3.92. The summed E-state index contributed by atoms with van der Waals surface area (Å²) >= 11 is 5.94. The van der Waals surface area contributed by atoms with Gasteiger partial charge in [-0.3, -0.25) is 4.79 Å². The van der Waals surface area contributed by atoms with Crippen LogP contribution in [0.4, 0.5) is 0 Å². The highest BCUT2D eigenvalue weighted by Gasteiger charge is 2.18. The molecule has 0 aliphatic rings. The van der Waals surface area contributed by atoms with Crippen LogP contribution < -0.4 is 5.32 Å². The second-order valence-corrected chi connectivity index (χ2v) is 4.92. The Morgan fingerprint density at radius 3 is 2.89 bits per heavy atom. The number of rotatable bonds is 3. The van der Waals surface area contributed by atoms with Crippen molar-refractivity contribution in [3.05, 3.63) is 34.5 Å². The van der Waals surface area contributed by atoms with E-state index in [1.807, 2.05) is 26.8 Å². The third-order valence-electron chi connectivity index (χ3n) is 3.09. The maximum absolute atomic E-state index is 12.1. The molecule has 2 rings (SSSR count). The Morgan fingerprint density at radius 1 is 1.50 bits per heavy atom. The van der Waals surface area contributed by atoms with Crippen molar-refractivity contribution in [3.8, 4) is 0 Å². The minimum Gasteiger partial charge on any atom is -0.451 e. The molecule has 18 heavy (non-hydrogen) atoms. The number of hydrogen-bond acceptors (Lipinski definition) is 2. The molecule has 4 heteroatoms. The van der Waals surface area contributed by atoms with Crippen molar-refractivity contribution >= 4 is 28.5 Å². The number of hydrogen-bond donors (Lipinski definition) is 1. The van der Waals surface area contributed by atoms with E-state index >= 15 is 0 Å². The maximum Gasteiger partial charge on any atom is 0.287 e. The van der Waals surface area contributed by atoms with Crippen LogP contribution in [0.15, 0.2) is 22.6 Å².